The standard InChI is InChI=1S/C9H8BrN3O2/c10-6-4-11-13(5-6)7-1-2-8(12-15)9(14)3-7/h1-5,14H,12H2. The van der Waals surface area contributed by atoms with Crippen LogP contribution in [0.2, 0.25) is 0 Å². The van der Waals surface area contributed by atoms with Crippen LogP contribution < -0.4 is 5.48 Å². The molecule has 0 saturated heterocycles. The highest BCUT2D eigenvalue weighted by atomic mass is 79.9. The molecule has 0 unspecified atom stereocenters. The number of nitrogens with zero attached hydrogens (tertiary/aromatic N) is 2. The van der Waals surface area contributed by atoms with Crippen molar-refractivity contribution in [2.45, 2.75) is 0 Å². The Balaban J connectivity index is 2.42. The van der Waals surface area contributed by atoms with Crippen molar-refractivity contribution in [3.63, 3.8) is 0 Å². The van der Waals surface area contributed by atoms with Crippen LogP contribution in [-0.2, 0) is 0 Å². The number of quaternary nitrogens is 1. The molecule has 15 heavy (non-hydrogen) atoms. The van der Waals surface area contributed by atoms with Crippen LogP contribution in [0.5, 0.6) is 5.75 Å². The molecule has 0 bridgehead atoms. The van der Waals surface area contributed by atoms with Crippen LogP contribution in [0, 0.1) is 5.21 Å². The highest BCUT2D eigenvalue weighted by Crippen LogP contribution is 2.22. The van der Waals surface area contributed by atoms with Gasteiger partial charge in [0.2, 0.25) is 0 Å². The van der Waals surface area contributed by atoms with Gasteiger partial charge in [0, 0.05) is 18.3 Å². The minimum absolute atomic E-state index is 0.0471. The van der Waals surface area contributed by atoms with Gasteiger partial charge in [0.1, 0.15) is 0 Å². The number of aromatic hydroxyl groups is 1. The van der Waals surface area contributed by atoms with Gasteiger partial charge in [0.25, 0.3) is 0 Å². The van der Waals surface area contributed by atoms with E-state index in [4.69, 9.17) is 0 Å². The number of hydrogen-bond acceptors (Lipinski definition) is 3. The summed E-state index contributed by atoms with van der Waals surface area (Å²) in [7, 11) is 0. The third-order valence-corrected chi connectivity index (χ3v) is 2.37. The van der Waals surface area contributed by atoms with E-state index in [0.29, 0.717) is 11.2 Å². The van der Waals surface area contributed by atoms with Gasteiger partial charge in [0.15, 0.2) is 11.4 Å². The Kier molecular flexibility index (Phi) is 2.72. The van der Waals surface area contributed by atoms with Crippen LogP contribution >= 0.6 is 15.9 Å². The van der Waals surface area contributed by atoms with Crippen LogP contribution in [0.25, 0.3) is 5.69 Å². The Morgan fingerprint density at radius 3 is 2.80 bits per heavy atom. The summed E-state index contributed by atoms with van der Waals surface area (Å²) in [5.74, 6) is -0.0471. The number of halogens is 1. The molecule has 2 rings (SSSR count). The first-order valence-electron chi connectivity index (χ1n) is 4.19. The molecule has 78 valence electrons. The lowest BCUT2D eigenvalue weighted by Gasteiger charge is -2.06. The maximum absolute atomic E-state index is 10.5. The van der Waals surface area contributed by atoms with E-state index in [1.165, 1.54) is 6.07 Å². The monoisotopic (exact) mass is 269 g/mol. The van der Waals surface area contributed by atoms with E-state index < -0.39 is 0 Å². The van der Waals surface area contributed by atoms with E-state index in [1.807, 2.05) is 0 Å². The Hall–Kier alpha value is -1.37. The first kappa shape index (κ1) is 10.2. The van der Waals surface area contributed by atoms with Crippen LogP contribution in [-0.4, -0.2) is 14.9 Å². The van der Waals surface area contributed by atoms with Crippen LogP contribution in [0.1, 0.15) is 0 Å². The molecule has 2 aromatic rings. The van der Waals surface area contributed by atoms with Gasteiger partial charge < -0.3 is 15.8 Å². The highest BCUT2D eigenvalue weighted by Gasteiger charge is 2.05. The lowest BCUT2D eigenvalue weighted by Crippen LogP contribution is -2.70. The van der Waals surface area contributed by atoms with Crippen molar-refractivity contribution in [2.75, 3.05) is 0 Å². The van der Waals surface area contributed by atoms with Gasteiger partial charge in [0.05, 0.1) is 16.4 Å². The van der Waals surface area contributed by atoms with Crippen molar-refractivity contribution in [2.24, 2.45) is 0 Å². The van der Waals surface area contributed by atoms with Crippen molar-refractivity contribution >= 4 is 21.6 Å². The molecule has 0 radical (unpaired) electrons. The zero-order valence-electron chi connectivity index (χ0n) is 7.59. The second kappa shape index (κ2) is 4.01. The molecular formula is C9H8BrN3O2. The Labute approximate surface area is 94.1 Å². The van der Waals surface area contributed by atoms with Crippen molar-refractivity contribution in [1.82, 2.24) is 9.78 Å². The zero-order chi connectivity index (χ0) is 10.8. The fourth-order valence-corrected chi connectivity index (χ4v) is 1.50. The third-order valence-electron chi connectivity index (χ3n) is 1.96. The molecule has 0 amide bonds. The fourth-order valence-electron chi connectivity index (χ4n) is 1.22. The molecule has 1 heterocycles. The number of rotatable bonds is 2. The predicted octanol–water partition coefficient (Wildman–Crippen LogP) is 1.03. The van der Waals surface area contributed by atoms with Gasteiger partial charge in [-0.25, -0.2) is 4.68 Å². The predicted molar refractivity (Wildman–Crippen MR) is 57.9 cm³/mol. The topological polar surface area (TPSA) is 77.7 Å². The number of nitrogens with two attached hydrogens (primary N) is 1. The third kappa shape index (κ3) is 2.01. The van der Waals surface area contributed by atoms with Gasteiger partial charge >= 0.3 is 0 Å². The number of hydrogen-bond donors (Lipinski definition) is 2. The van der Waals surface area contributed by atoms with Crippen molar-refractivity contribution in [3.8, 4) is 11.4 Å². The summed E-state index contributed by atoms with van der Waals surface area (Å²) in [5.41, 5.74) is 1.58. The molecule has 6 heteroatoms. The van der Waals surface area contributed by atoms with E-state index in [9.17, 15) is 10.3 Å². The molecule has 0 spiro atoms. The summed E-state index contributed by atoms with van der Waals surface area (Å²) in [6.07, 6.45) is 3.40. The van der Waals surface area contributed by atoms with Gasteiger partial charge in [-0.3, -0.25) is 0 Å². The molecule has 0 fully saturated rings. The minimum Gasteiger partial charge on any atom is -0.630 e. The summed E-state index contributed by atoms with van der Waals surface area (Å²) in [4.78, 5) is 0. The van der Waals surface area contributed by atoms with Crippen LogP contribution in [0.3, 0.4) is 0 Å². The smallest absolute Gasteiger partial charge is 0.179 e. The fraction of sp³-hybridized carbons (Fsp3) is 0. The largest absolute Gasteiger partial charge is 0.630 e. The summed E-state index contributed by atoms with van der Waals surface area (Å²) in [6, 6.07) is 4.75. The van der Waals surface area contributed by atoms with Crippen molar-refractivity contribution in [1.29, 1.82) is 0 Å². The average molecular weight is 270 g/mol. The first-order valence-corrected chi connectivity index (χ1v) is 4.99. The molecule has 1 aromatic carbocycles. The number of phenolic OH excluding ortho intramolecular Hbond substituents is 1. The van der Waals surface area contributed by atoms with Crippen molar-refractivity contribution < 1.29 is 10.6 Å². The summed E-state index contributed by atoms with van der Waals surface area (Å²) in [6.45, 7) is 0. The quantitative estimate of drug-likeness (QED) is 0.486. The van der Waals surface area contributed by atoms with E-state index in [1.54, 1.807) is 29.2 Å². The molecular weight excluding hydrogens is 262 g/mol. The second-order valence-electron chi connectivity index (χ2n) is 2.96. The average Bonchev–Trinajstić information content (AvgIpc) is 2.65. The summed E-state index contributed by atoms with van der Waals surface area (Å²) >= 11 is 3.27. The number of benzene rings is 1. The SMILES string of the molecule is [O-][NH2+]c1ccc(-n2cc(Br)cn2)cc1O. The van der Waals surface area contributed by atoms with Gasteiger partial charge in [-0.15, -0.1) is 0 Å². The molecule has 0 aliphatic rings. The molecule has 0 atom stereocenters. The first-order chi connectivity index (χ1) is 7.20. The molecule has 0 aliphatic carbocycles. The van der Waals surface area contributed by atoms with E-state index in [2.05, 4.69) is 21.0 Å². The van der Waals surface area contributed by atoms with E-state index in [-0.39, 0.29) is 11.4 Å². The maximum Gasteiger partial charge on any atom is 0.179 e. The highest BCUT2D eigenvalue weighted by molar-refractivity contribution is 9.10. The Morgan fingerprint density at radius 1 is 1.47 bits per heavy atom. The molecule has 0 aliphatic heterocycles. The lowest BCUT2D eigenvalue weighted by atomic mass is 10.2. The Morgan fingerprint density at radius 2 is 2.27 bits per heavy atom. The molecule has 5 nitrogen and oxygen atoms in total. The molecule has 1 aromatic heterocycles. The number of phenols is 1. The molecule has 3 N–H and O–H groups in total. The normalized spacial score (nSPS) is 10.5. The maximum atomic E-state index is 10.5. The zero-order valence-corrected chi connectivity index (χ0v) is 9.18. The van der Waals surface area contributed by atoms with E-state index >= 15 is 0 Å². The minimum atomic E-state index is -0.0471. The lowest BCUT2D eigenvalue weighted by molar-refractivity contribution is -0.497. The van der Waals surface area contributed by atoms with Gasteiger partial charge in [-0.05, 0) is 22.0 Å². The van der Waals surface area contributed by atoms with Crippen molar-refractivity contribution in [3.05, 3.63) is 40.3 Å². The summed E-state index contributed by atoms with van der Waals surface area (Å²) < 4.78 is 2.44. The van der Waals surface area contributed by atoms with Gasteiger partial charge in [-0.1, -0.05) is 0 Å². The van der Waals surface area contributed by atoms with Crippen LogP contribution in [0.15, 0.2) is 35.1 Å². The second-order valence-corrected chi connectivity index (χ2v) is 3.88. The molecule has 0 saturated carbocycles. The van der Waals surface area contributed by atoms with Gasteiger partial charge in [-0.2, -0.15) is 5.10 Å². The number of aromatic nitrogens is 2. The van der Waals surface area contributed by atoms with E-state index in [0.717, 1.165) is 4.47 Å². The summed E-state index contributed by atoms with van der Waals surface area (Å²) in [5, 5.41) is 24.0. The Bertz CT molecular complexity index is 484. The van der Waals surface area contributed by atoms with Crippen LogP contribution in [0.4, 0.5) is 5.69 Å².